The molecule has 0 N–H and O–H groups in total. The first kappa shape index (κ1) is 16.5. The standard InChI is InChI=1S/C18H22N2O4/c1-13-5-4-6-15(9-13)23-12-18(22-3)7-8-20(11-18)17(21)16-10-14(2)24-19-16/h4-6,9-10H,7-8,11-12H2,1-3H3. The van der Waals surface area contributed by atoms with Crippen LogP contribution in [0.2, 0.25) is 0 Å². The summed E-state index contributed by atoms with van der Waals surface area (Å²) in [5, 5.41) is 3.80. The summed E-state index contributed by atoms with van der Waals surface area (Å²) in [7, 11) is 1.66. The van der Waals surface area contributed by atoms with Crippen molar-refractivity contribution >= 4 is 5.91 Å². The van der Waals surface area contributed by atoms with Gasteiger partial charge >= 0.3 is 0 Å². The Morgan fingerprint density at radius 1 is 1.38 bits per heavy atom. The van der Waals surface area contributed by atoms with Gasteiger partial charge in [0, 0.05) is 19.7 Å². The minimum absolute atomic E-state index is 0.138. The van der Waals surface area contributed by atoms with E-state index in [4.69, 9.17) is 14.0 Å². The number of carbonyl (C=O) groups is 1. The van der Waals surface area contributed by atoms with Crippen LogP contribution in [0.3, 0.4) is 0 Å². The van der Waals surface area contributed by atoms with Crippen molar-refractivity contribution in [3.63, 3.8) is 0 Å². The Morgan fingerprint density at radius 3 is 2.88 bits per heavy atom. The van der Waals surface area contributed by atoms with E-state index in [0.717, 1.165) is 17.7 Å². The molecule has 2 aromatic rings. The third-order valence-electron chi connectivity index (χ3n) is 4.38. The topological polar surface area (TPSA) is 64.8 Å². The van der Waals surface area contributed by atoms with Gasteiger partial charge in [0.1, 0.15) is 23.7 Å². The Balaban J connectivity index is 1.65. The van der Waals surface area contributed by atoms with Gasteiger partial charge in [-0.1, -0.05) is 17.3 Å². The number of rotatable bonds is 5. The molecular formula is C18H22N2O4. The largest absolute Gasteiger partial charge is 0.491 e. The second kappa shape index (κ2) is 6.65. The summed E-state index contributed by atoms with van der Waals surface area (Å²) in [6, 6.07) is 9.54. The van der Waals surface area contributed by atoms with Crippen LogP contribution in [0.25, 0.3) is 0 Å². The van der Waals surface area contributed by atoms with Crippen molar-refractivity contribution in [3.8, 4) is 5.75 Å². The molecule has 1 fully saturated rings. The highest BCUT2D eigenvalue weighted by Gasteiger charge is 2.41. The minimum Gasteiger partial charge on any atom is -0.491 e. The zero-order valence-corrected chi connectivity index (χ0v) is 14.2. The van der Waals surface area contributed by atoms with Gasteiger partial charge in [0.15, 0.2) is 5.69 Å². The molecule has 2 heterocycles. The Hall–Kier alpha value is -2.34. The highest BCUT2D eigenvalue weighted by Crippen LogP contribution is 2.27. The lowest BCUT2D eigenvalue weighted by atomic mass is 10.0. The van der Waals surface area contributed by atoms with Gasteiger partial charge in [0.2, 0.25) is 0 Å². The van der Waals surface area contributed by atoms with Crippen LogP contribution in [0.5, 0.6) is 5.75 Å². The van der Waals surface area contributed by atoms with E-state index >= 15 is 0 Å². The zero-order valence-electron chi connectivity index (χ0n) is 14.2. The van der Waals surface area contributed by atoms with Crippen LogP contribution < -0.4 is 4.74 Å². The minimum atomic E-state index is -0.502. The first-order valence-electron chi connectivity index (χ1n) is 7.99. The molecule has 3 rings (SSSR count). The van der Waals surface area contributed by atoms with Gasteiger partial charge in [-0.15, -0.1) is 0 Å². The quantitative estimate of drug-likeness (QED) is 0.843. The van der Waals surface area contributed by atoms with Crippen LogP contribution >= 0.6 is 0 Å². The molecule has 1 aromatic carbocycles. The number of amides is 1. The monoisotopic (exact) mass is 330 g/mol. The van der Waals surface area contributed by atoms with E-state index in [1.165, 1.54) is 0 Å². The third kappa shape index (κ3) is 3.43. The summed E-state index contributed by atoms with van der Waals surface area (Å²) in [4.78, 5) is 14.2. The molecule has 1 amide bonds. The van der Waals surface area contributed by atoms with Gasteiger partial charge in [0.25, 0.3) is 5.91 Å². The maximum Gasteiger partial charge on any atom is 0.276 e. The number of carbonyl (C=O) groups excluding carboxylic acids is 1. The number of aromatic nitrogens is 1. The molecule has 1 aliphatic heterocycles. The lowest BCUT2D eigenvalue weighted by Crippen LogP contribution is -2.42. The van der Waals surface area contributed by atoms with Crippen LogP contribution in [0.1, 0.15) is 28.2 Å². The fourth-order valence-corrected chi connectivity index (χ4v) is 2.91. The van der Waals surface area contributed by atoms with Gasteiger partial charge in [-0.25, -0.2) is 0 Å². The van der Waals surface area contributed by atoms with E-state index in [0.29, 0.717) is 31.2 Å². The molecule has 0 saturated carbocycles. The van der Waals surface area contributed by atoms with Crippen LogP contribution in [0.4, 0.5) is 0 Å². The number of benzene rings is 1. The van der Waals surface area contributed by atoms with Gasteiger partial charge in [-0.05, 0) is 38.0 Å². The molecule has 1 saturated heterocycles. The van der Waals surface area contributed by atoms with Crippen molar-refractivity contribution in [2.75, 3.05) is 26.8 Å². The maximum absolute atomic E-state index is 12.5. The Morgan fingerprint density at radius 2 is 2.21 bits per heavy atom. The van der Waals surface area contributed by atoms with Crippen molar-refractivity contribution in [2.45, 2.75) is 25.9 Å². The third-order valence-corrected chi connectivity index (χ3v) is 4.38. The zero-order chi connectivity index (χ0) is 17.2. The van der Waals surface area contributed by atoms with Crippen LogP contribution in [-0.4, -0.2) is 48.4 Å². The van der Waals surface area contributed by atoms with E-state index in [-0.39, 0.29) is 5.91 Å². The molecule has 0 bridgehead atoms. The molecule has 1 atom stereocenters. The first-order valence-corrected chi connectivity index (χ1v) is 7.99. The van der Waals surface area contributed by atoms with Crippen molar-refractivity contribution in [1.82, 2.24) is 10.1 Å². The predicted molar refractivity (Wildman–Crippen MR) is 88.2 cm³/mol. The molecule has 24 heavy (non-hydrogen) atoms. The average molecular weight is 330 g/mol. The number of aryl methyl sites for hydroxylation is 2. The molecular weight excluding hydrogens is 308 g/mol. The Kier molecular flexibility index (Phi) is 4.57. The van der Waals surface area contributed by atoms with Gasteiger partial charge in [0.05, 0.1) is 6.54 Å². The van der Waals surface area contributed by atoms with Gasteiger partial charge in [-0.3, -0.25) is 4.79 Å². The molecule has 1 aliphatic rings. The highest BCUT2D eigenvalue weighted by atomic mass is 16.5. The summed E-state index contributed by atoms with van der Waals surface area (Å²) in [5.74, 6) is 1.29. The summed E-state index contributed by atoms with van der Waals surface area (Å²) in [6.45, 7) is 5.27. The number of nitrogens with zero attached hydrogens (tertiary/aromatic N) is 2. The highest BCUT2D eigenvalue weighted by molar-refractivity contribution is 5.92. The second-order valence-electron chi connectivity index (χ2n) is 6.29. The summed E-state index contributed by atoms with van der Waals surface area (Å²) in [6.07, 6.45) is 0.720. The molecule has 6 nitrogen and oxygen atoms in total. The molecule has 6 heteroatoms. The van der Waals surface area contributed by atoms with Gasteiger partial charge < -0.3 is 18.9 Å². The van der Waals surface area contributed by atoms with Gasteiger partial charge in [-0.2, -0.15) is 0 Å². The van der Waals surface area contributed by atoms with Crippen molar-refractivity contribution in [3.05, 3.63) is 47.3 Å². The van der Waals surface area contributed by atoms with E-state index in [1.54, 1.807) is 25.0 Å². The maximum atomic E-state index is 12.5. The summed E-state index contributed by atoms with van der Waals surface area (Å²) in [5.41, 5.74) is 0.973. The van der Waals surface area contributed by atoms with Crippen LogP contribution in [0.15, 0.2) is 34.9 Å². The smallest absolute Gasteiger partial charge is 0.276 e. The van der Waals surface area contributed by atoms with Crippen LogP contribution in [0, 0.1) is 13.8 Å². The van der Waals surface area contributed by atoms with E-state index in [2.05, 4.69) is 5.16 Å². The first-order chi connectivity index (χ1) is 11.5. The fraction of sp³-hybridized carbons (Fsp3) is 0.444. The Labute approximate surface area is 141 Å². The molecule has 128 valence electrons. The van der Waals surface area contributed by atoms with E-state index in [1.807, 2.05) is 31.2 Å². The molecule has 0 spiro atoms. The number of hydrogen-bond acceptors (Lipinski definition) is 5. The molecule has 0 radical (unpaired) electrons. The number of likely N-dealkylation sites (tertiary alicyclic amines) is 1. The molecule has 1 aromatic heterocycles. The predicted octanol–water partition coefficient (Wildman–Crippen LogP) is 2.60. The normalized spacial score (nSPS) is 20.4. The SMILES string of the molecule is COC1(COc2cccc(C)c2)CCN(C(=O)c2cc(C)on2)C1. The van der Waals surface area contributed by atoms with Crippen molar-refractivity contribution in [2.24, 2.45) is 0 Å². The molecule has 0 aliphatic carbocycles. The number of ether oxygens (including phenoxy) is 2. The number of methoxy groups -OCH3 is 1. The molecule has 1 unspecified atom stereocenters. The average Bonchev–Trinajstić information content (AvgIpc) is 3.20. The van der Waals surface area contributed by atoms with E-state index < -0.39 is 5.60 Å². The van der Waals surface area contributed by atoms with E-state index in [9.17, 15) is 4.79 Å². The lowest BCUT2D eigenvalue weighted by molar-refractivity contribution is -0.0343. The number of hydrogen-bond donors (Lipinski definition) is 0. The fourth-order valence-electron chi connectivity index (χ4n) is 2.91. The second-order valence-corrected chi connectivity index (χ2v) is 6.29. The van der Waals surface area contributed by atoms with Crippen molar-refractivity contribution < 1.29 is 18.8 Å². The summed E-state index contributed by atoms with van der Waals surface area (Å²) < 4.78 is 16.6. The van der Waals surface area contributed by atoms with Crippen molar-refractivity contribution in [1.29, 1.82) is 0 Å². The lowest BCUT2D eigenvalue weighted by Gasteiger charge is -2.27. The summed E-state index contributed by atoms with van der Waals surface area (Å²) >= 11 is 0. The Bertz CT molecular complexity index is 727. The van der Waals surface area contributed by atoms with Crippen LogP contribution in [-0.2, 0) is 4.74 Å².